The molecule has 0 saturated carbocycles. The average molecular weight is 370 g/mol. The van der Waals surface area contributed by atoms with Gasteiger partial charge >= 0.3 is 5.97 Å². The number of hydrogen-bond donors (Lipinski definition) is 1. The van der Waals surface area contributed by atoms with Crippen molar-refractivity contribution in [2.45, 2.75) is 19.4 Å². The van der Waals surface area contributed by atoms with Crippen molar-refractivity contribution in [1.82, 2.24) is 9.80 Å². The molecule has 1 saturated heterocycles. The van der Waals surface area contributed by atoms with Crippen LogP contribution in [0.2, 0.25) is 0 Å². The van der Waals surface area contributed by atoms with Crippen molar-refractivity contribution >= 4 is 17.8 Å². The van der Waals surface area contributed by atoms with Crippen LogP contribution >= 0.6 is 0 Å². The summed E-state index contributed by atoms with van der Waals surface area (Å²) in [4.78, 5) is 39.2. The fourth-order valence-corrected chi connectivity index (χ4v) is 3.28. The number of benzene rings is 1. The molecule has 0 radical (unpaired) electrons. The molecule has 142 valence electrons. The number of amides is 2. The molecule has 1 atom stereocenters. The van der Waals surface area contributed by atoms with Gasteiger partial charge in [-0.25, -0.2) is 0 Å². The molecule has 3 rings (SSSR count). The van der Waals surface area contributed by atoms with E-state index in [1.54, 1.807) is 17.0 Å². The van der Waals surface area contributed by atoms with Gasteiger partial charge in [0.15, 0.2) is 0 Å². The van der Waals surface area contributed by atoms with E-state index in [-0.39, 0.29) is 31.3 Å². The maximum atomic E-state index is 12.9. The molecule has 2 amide bonds. The molecule has 0 aliphatic carbocycles. The minimum Gasteiger partial charge on any atom is -0.480 e. The van der Waals surface area contributed by atoms with E-state index in [4.69, 9.17) is 9.52 Å². The standard InChI is InChI=1S/C20H22N2O5/c23-18-11-16(12-22(18)13-17-7-4-10-27-17)20(26)21(14-19(24)25)9-8-15-5-2-1-3-6-15/h1-7,10,16H,8-9,11-14H2,(H,24,25). The van der Waals surface area contributed by atoms with Crippen molar-refractivity contribution in [1.29, 1.82) is 0 Å². The summed E-state index contributed by atoms with van der Waals surface area (Å²) in [6, 6.07) is 13.1. The zero-order chi connectivity index (χ0) is 19.2. The van der Waals surface area contributed by atoms with E-state index >= 15 is 0 Å². The third-order valence-electron chi connectivity index (χ3n) is 4.64. The van der Waals surface area contributed by atoms with Crippen LogP contribution in [0.4, 0.5) is 0 Å². The number of carbonyl (C=O) groups is 3. The molecular formula is C20H22N2O5. The molecule has 2 heterocycles. The second-order valence-corrected chi connectivity index (χ2v) is 6.64. The van der Waals surface area contributed by atoms with Gasteiger partial charge in [0.2, 0.25) is 11.8 Å². The lowest BCUT2D eigenvalue weighted by molar-refractivity contribution is -0.146. The van der Waals surface area contributed by atoms with Crippen LogP contribution in [-0.2, 0) is 27.3 Å². The zero-order valence-corrected chi connectivity index (χ0v) is 14.9. The number of rotatable bonds is 8. The Morgan fingerprint density at radius 2 is 1.96 bits per heavy atom. The Morgan fingerprint density at radius 3 is 2.63 bits per heavy atom. The minimum atomic E-state index is -1.06. The van der Waals surface area contributed by atoms with Gasteiger partial charge in [-0.2, -0.15) is 0 Å². The summed E-state index contributed by atoms with van der Waals surface area (Å²) in [7, 11) is 0. The van der Waals surface area contributed by atoms with Crippen molar-refractivity contribution in [3.05, 3.63) is 60.1 Å². The summed E-state index contributed by atoms with van der Waals surface area (Å²) in [6.07, 6.45) is 2.20. The van der Waals surface area contributed by atoms with Crippen molar-refractivity contribution in [3.8, 4) is 0 Å². The molecule has 1 N–H and O–H groups in total. The minimum absolute atomic E-state index is 0.0982. The number of carboxylic acids is 1. The average Bonchev–Trinajstić information content (AvgIpc) is 3.29. The van der Waals surface area contributed by atoms with Crippen LogP contribution < -0.4 is 0 Å². The molecule has 2 aromatic rings. The number of carboxylic acid groups (broad SMARTS) is 1. The fourth-order valence-electron chi connectivity index (χ4n) is 3.28. The van der Waals surface area contributed by atoms with Gasteiger partial charge in [-0.15, -0.1) is 0 Å². The van der Waals surface area contributed by atoms with Crippen molar-refractivity contribution in [3.63, 3.8) is 0 Å². The van der Waals surface area contributed by atoms with Crippen LogP contribution in [0.25, 0.3) is 0 Å². The SMILES string of the molecule is O=C(O)CN(CCc1ccccc1)C(=O)C1CC(=O)N(Cc2ccco2)C1. The van der Waals surface area contributed by atoms with Crippen molar-refractivity contribution in [2.24, 2.45) is 5.92 Å². The van der Waals surface area contributed by atoms with E-state index in [0.717, 1.165) is 5.56 Å². The quantitative estimate of drug-likeness (QED) is 0.765. The maximum absolute atomic E-state index is 12.9. The molecule has 1 aliphatic rings. The number of furan rings is 1. The Bertz CT molecular complexity index is 788. The van der Waals surface area contributed by atoms with Crippen LogP contribution in [-0.4, -0.2) is 52.3 Å². The Morgan fingerprint density at radius 1 is 1.19 bits per heavy atom. The van der Waals surface area contributed by atoms with E-state index in [0.29, 0.717) is 25.3 Å². The second kappa shape index (κ2) is 8.53. The van der Waals surface area contributed by atoms with Crippen LogP contribution in [0, 0.1) is 5.92 Å². The first-order valence-corrected chi connectivity index (χ1v) is 8.87. The van der Waals surface area contributed by atoms with Crippen LogP contribution in [0.1, 0.15) is 17.7 Å². The van der Waals surface area contributed by atoms with E-state index in [1.807, 2.05) is 30.3 Å². The normalized spacial score (nSPS) is 16.5. The molecule has 1 unspecified atom stereocenters. The molecule has 0 bridgehead atoms. The van der Waals surface area contributed by atoms with Gasteiger partial charge < -0.3 is 19.3 Å². The van der Waals surface area contributed by atoms with E-state index in [2.05, 4.69) is 0 Å². The summed E-state index contributed by atoms with van der Waals surface area (Å²) in [5.74, 6) is -1.34. The van der Waals surface area contributed by atoms with Gasteiger partial charge in [-0.05, 0) is 24.1 Å². The van der Waals surface area contributed by atoms with Gasteiger partial charge in [0, 0.05) is 19.5 Å². The zero-order valence-electron chi connectivity index (χ0n) is 14.9. The lowest BCUT2D eigenvalue weighted by Gasteiger charge is -2.24. The third kappa shape index (κ3) is 4.97. The van der Waals surface area contributed by atoms with Crippen LogP contribution in [0.15, 0.2) is 53.1 Å². The van der Waals surface area contributed by atoms with Gasteiger partial charge in [0.1, 0.15) is 12.3 Å². The van der Waals surface area contributed by atoms with Gasteiger partial charge in [0.05, 0.1) is 18.7 Å². The van der Waals surface area contributed by atoms with Crippen LogP contribution in [0.5, 0.6) is 0 Å². The highest BCUT2D eigenvalue weighted by Gasteiger charge is 2.37. The number of aliphatic carboxylic acids is 1. The summed E-state index contributed by atoms with van der Waals surface area (Å²) in [5.41, 5.74) is 1.03. The highest BCUT2D eigenvalue weighted by atomic mass is 16.4. The lowest BCUT2D eigenvalue weighted by atomic mass is 10.1. The molecule has 1 fully saturated rings. The van der Waals surface area contributed by atoms with Gasteiger partial charge in [-0.3, -0.25) is 14.4 Å². The van der Waals surface area contributed by atoms with Gasteiger partial charge in [0.25, 0.3) is 0 Å². The molecule has 0 spiro atoms. The molecule has 7 nitrogen and oxygen atoms in total. The van der Waals surface area contributed by atoms with Crippen LogP contribution in [0.3, 0.4) is 0 Å². The first-order valence-electron chi connectivity index (χ1n) is 8.87. The summed E-state index contributed by atoms with van der Waals surface area (Å²) < 4.78 is 5.26. The topological polar surface area (TPSA) is 91.1 Å². The van der Waals surface area contributed by atoms with Crippen molar-refractivity contribution in [2.75, 3.05) is 19.6 Å². The largest absolute Gasteiger partial charge is 0.480 e. The highest BCUT2D eigenvalue weighted by Crippen LogP contribution is 2.22. The van der Waals surface area contributed by atoms with Gasteiger partial charge in [-0.1, -0.05) is 30.3 Å². The third-order valence-corrected chi connectivity index (χ3v) is 4.64. The van der Waals surface area contributed by atoms with Crippen molar-refractivity contribution < 1.29 is 23.9 Å². The van der Waals surface area contributed by atoms with E-state index in [9.17, 15) is 14.4 Å². The van der Waals surface area contributed by atoms with E-state index < -0.39 is 11.9 Å². The Labute approximate surface area is 157 Å². The van der Waals surface area contributed by atoms with E-state index in [1.165, 1.54) is 11.2 Å². The summed E-state index contributed by atoms with van der Waals surface area (Å²) in [5, 5.41) is 9.16. The lowest BCUT2D eigenvalue weighted by Crippen LogP contribution is -2.41. The summed E-state index contributed by atoms with van der Waals surface area (Å²) in [6.45, 7) is 0.533. The maximum Gasteiger partial charge on any atom is 0.323 e. The molecule has 1 aliphatic heterocycles. The Balaban J connectivity index is 1.62. The second-order valence-electron chi connectivity index (χ2n) is 6.64. The Kier molecular flexibility index (Phi) is 5.90. The number of hydrogen-bond acceptors (Lipinski definition) is 4. The Hall–Kier alpha value is -3.09. The predicted molar refractivity (Wildman–Crippen MR) is 96.6 cm³/mol. The number of carbonyl (C=O) groups excluding carboxylic acids is 2. The number of nitrogens with zero attached hydrogens (tertiary/aromatic N) is 2. The molecule has 1 aromatic heterocycles. The molecular weight excluding hydrogens is 348 g/mol. The smallest absolute Gasteiger partial charge is 0.323 e. The monoisotopic (exact) mass is 370 g/mol. The fraction of sp³-hybridized carbons (Fsp3) is 0.350. The molecule has 7 heteroatoms. The molecule has 27 heavy (non-hydrogen) atoms. The highest BCUT2D eigenvalue weighted by molar-refractivity contribution is 5.90. The molecule has 1 aromatic carbocycles. The first kappa shape index (κ1) is 18.7. The predicted octanol–water partition coefficient (Wildman–Crippen LogP) is 1.78. The summed E-state index contributed by atoms with van der Waals surface area (Å²) >= 11 is 0. The first-order chi connectivity index (χ1) is 13.0. The number of likely N-dealkylation sites (tertiary alicyclic amines) is 1.